The van der Waals surface area contributed by atoms with E-state index in [1.165, 1.54) is 12.3 Å². The van der Waals surface area contributed by atoms with Crippen molar-refractivity contribution in [3.63, 3.8) is 0 Å². The number of carboxylic acid groups (broad SMARTS) is 1. The normalized spacial score (nSPS) is 10.3. The van der Waals surface area contributed by atoms with Gasteiger partial charge in [-0.3, -0.25) is 4.79 Å². The Bertz CT molecular complexity index is 679. The molecule has 0 saturated carbocycles. The highest BCUT2D eigenvalue weighted by atomic mass is 35.5. The van der Waals surface area contributed by atoms with Gasteiger partial charge in [-0.1, -0.05) is 29.3 Å². The molecule has 0 amide bonds. The molecule has 2 rings (SSSR count). The van der Waals surface area contributed by atoms with Gasteiger partial charge in [0.05, 0.1) is 10.0 Å². The predicted octanol–water partition coefficient (Wildman–Crippen LogP) is 3.05. The number of pyridine rings is 1. The molecule has 4 nitrogen and oxygen atoms in total. The summed E-state index contributed by atoms with van der Waals surface area (Å²) in [5.41, 5.74) is 0.249. The fourth-order valence-electron chi connectivity index (χ4n) is 1.48. The summed E-state index contributed by atoms with van der Waals surface area (Å²) in [7, 11) is 0. The fraction of sp³-hybridized carbons (Fsp3) is 0. The van der Waals surface area contributed by atoms with E-state index in [1.807, 2.05) is 0 Å². The van der Waals surface area contributed by atoms with Crippen LogP contribution in [0.4, 0.5) is 0 Å². The third kappa shape index (κ3) is 2.39. The number of aromatic nitrogens is 1. The van der Waals surface area contributed by atoms with Gasteiger partial charge < -0.3 is 10.1 Å². The summed E-state index contributed by atoms with van der Waals surface area (Å²) in [5.74, 6) is -1.28. The van der Waals surface area contributed by atoms with Crippen LogP contribution >= 0.6 is 23.2 Å². The van der Waals surface area contributed by atoms with Crippen molar-refractivity contribution >= 4 is 29.2 Å². The summed E-state index contributed by atoms with van der Waals surface area (Å²) in [6, 6.07) is 6.18. The molecule has 0 atom stereocenters. The average molecular weight is 284 g/mol. The number of benzene rings is 1. The van der Waals surface area contributed by atoms with Gasteiger partial charge in [0.15, 0.2) is 0 Å². The molecule has 0 spiro atoms. The summed E-state index contributed by atoms with van der Waals surface area (Å²) in [4.78, 5) is 24.5. The summed E-state index contributed by atoms with van der Waals surface area (Å²) in [5, 5.41) is 9.63. The van der Waals surface area contributed by atoms with Gasteiger partial charge in [-0.25, -0.2) is 4.79 Å². The molecule has 1 heterocycles. The minimum atomic E-state index is -1.28. The zero-order valence-corrected chi connectivity index (χ0v) is 10.4. The van der Waals surface area contributed by atoms with Crippen molar-refractivity contribution in [2.45, 2.75) is 0 Å². The Morgan fingerprint density at radius 1 is 1.11 bits per heavy atom. The van der Waals surface area contributed by atoms with Gasteiger partial charge in [-0.2, -0.15) is 0 Å². The number of nitrogens with one attached hydrogen (secondary N) is 1. The number of hydrogen-bond donors (Lipinski definition) is 2. The van der Waals surface area contributed by atoms with Gasteiger partial charge >= 0.3 is 5.97 Å². The van der Waals surface area contributed by atoms with Crippen molar-refractivity contribution in [1.29, 1.82) is 0 Å². The Labute approximate surface area is 112 Å². The van der Waals surface area contributed by atoms with Gasteiger partial charge in [0.2, 0.25) is 0 Å². The molecule has 0 saturated heterocycles. The standard InChI is InChI=1S/C12H7Cl2NO3/c13-9-2-1-6(4-10(9)14)7-3-8(12(17)18)11(16)15-5-7/h1-5H,(H,15,16)(H,17,18). The first-order valence-electron chi connectivity index (χ1n) is 4.90. The van der Waals surface area contributed by atoms with Crippen molar-refractivity contribution < 1.29 is 9.90 Å². The van der Waals surface area contributed by atoms with Crippen LogP contribution < -0.4 is 5.56 Å². The molecule has 0 fully saturated rings. The first kappa shape index (κ1) is 12.7. The molecule has 0 unspecified atom stereocenters. The van der Waals surface area contributed by atoms with Crippen LogP contribution in [0.2, 0.25) is 10.0 Å². The first-order chi connectivity index (χ1) is 8.49. The van der Waals surface area contributed by atoms with Gasteiger partial charge in [0.1, 0.15) is 5.56 Å². The van der Waals surface area contributed by atoms with E-state index in [2.05, 4.69) is 4.98 Å². The second-order valence-corrected chi connectivity index (χ2v) is 4.38. The maximum absolute atomic E-state index is 11.3. The molecule has 18 heavy (non-hydrogen) atoms. The van der Waals surface area contributed by atoms with Crippen LogP contribution in [-0.4, -0.2) is 16.1 Å². The lowest BCUT2D eigenvalue weighted by molar-refractivity contribution is 0.0695. The van der Waals surface area contributed by atoms with Crippen LogP contribution in [0.5, 0.6) is 0 Å². The number of halogens is 2. The third-order valence-corrected chi connectivity index (χ3v) is 3.13. The van der Waals surface area contributed by atoms with E-state index in [9.17, 15) is 9.59 Å². The number of aromatic carboxylic acids is 1. The minimum absolute atomic E-state index is 0.321. The van der Waals surface area contributed by atoms with Crippen LogP contribution in [0, 0.1) is 0 Å². The number of hydrogen-bond acceptors (Lipinski definition) is 2. The molecule has 92 valence electrons. The Hall–Kier alpha value is -1.78. The van der Waals surface area contributed by atoms with Crippen LogP contribution in [-0.2, 0) is 0 Å². The SMILES string of the molecule is O=C(O)c1cc(-c2ccc(Cl)c(Cl)c2)c[nH]c1=O. The fourth-order valence-corrected chi connectivity index (χ4v) is 1.78. The van der Waals surface area contributed by atoms with E-state index >= 15 is 0 Å². The molecular weight excluding hydrogens is 277 g/mol. The lowest BCUT2D eigenvalue weighted by Gasteiger charge is -2.04. The average Bonchev–Trinajstić information content (AvgIpc) is 2.33. The Morgan fingerprint density at radius 2 is 1.83 bits per heavy atom. The number of carbonyl (C=O) groups is 1. The molecular formula is C12H7Cl2NO3. The Morgan fingerprint density at radius 3 is 2.44 bits per heavy atom. The predicted molar refractivity (Wildman–Crippen MR) is 69.5 cm³/mol. The number of rotatable bonds is 2. The van der Waals surface area contributed by atoms with E-state index in [-0.39, 0.29) is 5.56 Å². The molecule has 0 aliphatic heterocycles. The molecule has 1 aromatic heterocycles. The topological polar surface area (TPSA) is 70.2 Å². The van der Waals surface area contributed by atoms with E-state index in [4.69, 9.17) is 28.3 Å². The highest BCUT2D eigenvalue weighted by Crippen LogP contribution is 2.28. The summed E-state index contributed by atoms with van der Waals surface area (Å²) < 4.78 is 0. The summed E-state index contributed by atoms with van der Waals surface area (Å²) >= 11 is 11.7. The summed E-state index contributed by atoms with van der Waals surface area (Å²) in [6.45, 7) is 0. The molecule has 0 radical (unpaired) electrons. The van der Waals surface area contributed by atoms with Crippen molar-refractivity contribution in [1.82, 2.24) is 4.98 Å². The zero-order chi connectivity index (χ0) is 13.3. The molecule has 2 aromatic rings. The molecule has 2 N–H and O–H groups in total. The second-order valence-electron chi connectivity index (χ2n) is 3.57. The monoisotopic (exact) mass is 283 g/mol. The number of aromatic amines is 1. The molecule has 0 aliphatic rings. The number of H-pyrrole nitrogens is 1. The maximum atomic E-state index is 11.3. The maximum Gasteiger partial charge on any atom is 0.341 e. The number of carboxylic acids is 1. The first-order valence-corrected chi connectivity index (χ1v) is 5.66. The molecule has 1 aromatic carbocycles. The van der Waals surface area contributed by atoms with Crippen molar-refractivity contribution in [3.05, 3.63) is 56.4 Å². The van der Waals surface area contributed by atoms with Gasteiger partial charge in [0.25, 0.3) is 5.56 Å². The highest BCUT2D eigenvalue weighted by Gasteiger charge is 2.10. The highest BCUT2D eigenvalue weighted by molar-refractivity contribution is 6.42. The quantitative estimate of drug-likeness (QED) is 0.890. The lowest BCUT2D eigenvalue weighted by atomic mass is 10.1. The third-order valence-electron chi connectivity index (χ3n) is 2.39. The van der Waals surface area contributed by atoms with Gasteiger partial charge in [-0.15, -0.1) is 0 Å². The van der Waals surface area contributed by atoms with Crippen molar-refractivity contribution in [2.24, 2.45) is 0 Å². The minimum Gasteiger partial charge on any atom is -0.477 e. The van der Waals surface area contributed by atoms with Crippen LogP contribution in [0.25, 0.3) is 11.1 Å². The van der Waals surface area contributed by atoms with Crippen LogP contribution in [0.3, 0.4) is 0 Å². The molecule has 0 bridgehead atoms. The molecule has 0 aliphatic carbocycles. The largest absolute Gasteiger partial charge is 0.477 e. The van der Waals surface area contributed by atoms with Crippen LogP contribution in [0.1, 0.15) is 10.4 Å². The second kappa shape index (κ2) is 4.84. The Kier molecular flexibility index (Phi) is 3.41. The van der Waals surface area contributed by atoms with Gasteiger partial charge in [-0.05, 0) is 29.3 Å². The Balaban J connectivity index is 2.57. The van der Waals surface area contributed by atoms with E-state index in [0.29, 0.717) is 21.2 Å². The summed E-state index contributed by atoms with van der Waals surface area (Å²) in [6.07, 6.45) is 1.42. The van der Waals surface area contributed by atoms with E-state index < -0.39 is 11.5 Å². The van der Waals surface area contributed by atoms with Crippen LogP contribution in [0.15, 0.2) is 35.3 Å². The van der Waals surface area contributed by atoms with Crippen molar-refractivity contribution in [3.8, 4) is 11.1 Å². The van der Waals surface area contributed by atoms with Crippen molar-refractivity contribution in [2.75, 3.05) is 0 Å². The lowest BCUT2D eigenvalue weighted by Crippen LogP contribution is -2.16. The van der Waals surface area contributed by atoms with E-state index in [0.717, 1.165) is 0 Å². The van der Waals surface area contributed by atoms with E-state index in [1.54, 1.807) is 18.2 Å². The van der Waals surface area contributed by atoms with Gasteiger partial charge in [0, 0.05) is 6.20 Å². The zero-order valence-electron chi connectivity index (χ0n) is 8.91. The molecule has 6 heteroatoms. The smallest absolute Gasteiger partial charge is 0.341 e.